The molecule has 0 aliphatic heterocycles. The van der Waals surface area contributed by atoms with Gasteiger partial charge in [0.05, 0.1) is 10.6 Å². The molecule has 0 aromatic carbocycles. The first-order chi connectivity index (χ1) is 8.70. The summed E-state index contributed by atoms with van der Waals surface area (Å²) in [5.74, 6) is -0.157. The number of amides is 1. The van der Waals surface area contributed by atoms with E-state index >= 15 is 0 Å². The van der Waals surface area contributed by atoms with Crippen LogP contribution >= 0.6 is 11.6 Å². The number of nitrogens with one attached hydrogen (secondary N) is 1. The van der Waals surface area contributed by atoms with Gasteiger partial charge in [0.2, 0.25) is 0 Å². The second-order valence-electron chi connectivity index (χ2n) is 3.33. The van der Waals surface area contributed by atoms with Crippen LogP contribution in [0.4, 0.5) is 5.82 Å². The molecule has 1 amide bonds. The Hall–Kier alpha value is -2.45. The number of nitrogens with zero attached hydrogens (tertiary/aromatic N) is 3. The number of nitriles is 1. The molecule has 0 aliphatic rings. The van der Waals surface area contributed by atoms with Crippen molar-refractivity contribution < 1.29 is 4.79 Å². The van der Waals surface area contributed by atoms with E-state index < -0.39 is 5.91 Å². The fourth-order valence-electron chi connectivity index (χ4n) is 1.24. The molecule has 0 bridgehead atoms. The minimum Gasteiger partial charge on any atom is -0.304 e. The molecule has 0 unspecified atom stereocenters. The molecule has 2 aromatic heterocycles. The van der Waals surface area contributed by atoms with Gasteiger partial charge in [-0.1, -0.05) is 11.6 Å². The van der Waals surface area contributed by atoms with Crippen LogP contribution in [0.2, 0.25) is 5.02 Å². The predicted molar refractivity (Wildman–Crippen MR) is 66.2 cm³/mol. The van der Waals surface area contributed by atoms with Gasteiger partial charge in [0, 0.05) is 12.4 Å². The summed E-state index contributed by atoms with van der Waals surface area (Å²) in [4.78, 5) is 19.6. The van der Waals surface area contributed by atoms with Crippen LogP contribution in [0.3, 0.4) is 0 Å². The molecular weight excluding hydrogens is 252 g/mol. The van der Waals surface area contributed by atoms with Crippen LogP contribution in [0.1, 0.15) is 16.1 Å². The molecule has 88 valence electrons. The first-order valence-electron chi connectivity index (χ1n) is 4.99. The zero-order valence-corrected chi connectivity index (χ0v) is 9.85. The highest BCUT2D eigenvalue weighted by Gasteiger charge is 2.10. The van der Waals surface area contributed by atoms with E-state index in [2.05, 4.69) is 15.3 Å². The van der Waals surface area contributed by atoms with Crippen molar-refractivity contribution in [1.82, 2.24) is 9.97 Å². The van der Waals surface area contributed by atoms with E-state index in [-0.39, 0.29) is 11.5 Å². The Balaban J connectivity index is 2.17. The second-order valence-corrected chi connectivity index (χ2v) is 3.74. The van der Waals surface area contributed by atoms with Crippen LogP contribution in [-0.4, -0.2) is 15.9 Å². The zero-order chi connectivity index (χ0) is 13.0. The lowest BCUT2D eigenvalue weighted by Gasteiger charge is -2.04. The smallest absolute Gasteiger partial charge is 0.275 e. The average Bonchev–Trinajstić information content (AvgIpc) is 2.41. The second kappa shape index (κ2) is 5.25. The van der Waals surface area contributed by atoms with Crippen LogP contribution in [0.15, 0.2) is 36.7 Å². The number of anilines is 1. The number of aromatic nitrogens is 2. The lowest BCUT2D eigenvalue weighted by atomic mass is 10.2. The Morgan fingerprint density at radius 3 is 2.78 bits per heavy atom. The fraction of sp³-hybridized carbons (Fsp3) is 0. The Morgan fingerprint density at radius 1 is 1.33 bits per heavy atom. The van der Waals surface area contributed by atoms with Crippen LogP contribution in [0.25, 0.3) is 0 Å². The van der Waals surface area contributed by atoms with Crippen molar-refractivity contribution in [2.45, 2.75) is 0 Å². The highest BCUT2D eigenvalue weighted by atomic mass is 35.5. The average molecular weight is 259 g/mol. The fourth-order valence-corrected chi connectivity index (χ4v) is 1.41. The molecule has 18 heavy (non-hydrogen) atoms. The van der Waals surface area contributed by atoms with Gasteiger partial charge >= 0.3 is 0 Å². The Bertz CT molecular complexity index is 619. The van der Waals surface area contributed by atoms with Crippen molar-refractivity contribution >= 4 is 23.3 Å². The van der Waals surface area contributed by atoms with E-state index in [1.165, 1.54) is 24.5 Å². The molecule has 0 saturated heterocycles. The summed E-state index contributed by atoms with van der Waals surface area (Å²) in [5, 5.41) is 11.5. The Morgan fingerprint density at radius 2 is 2.17 bits per heavy atom. The molecule has 2 heterocycles. The summed E-state index contributed by atoms with van der Waals surface area (Å²) in [6.45, 7) is 0. The van der Waals surface area contributed by atoms with Crippen LogP contribution in [0.5, 0.6) is 0 Å². The largest absolute Gasteiger partial charge is 0.304 e. The SMILES string of the molecule is N#Cc1ccc(C(=O)Nc2ncccc2Cl)nc1. The summed E-state index contributed by atoms with van der Waals surface area (Å²) >= 11 is 5.86. The number of halogens is 1. The quantitative estimate of drug-likeness (QED) is 0.896. The maximum atomic E-state index is 11.8. The predicted octanol–water partition coefficient (Wildman–Crippen LogP) is 2.25. The molecule has 0 saturated carbocycles. The Labute approximate surface area is 108 Å². The summed E-state index contributed by atoms with van der Waals surface area (Å²) in [6.07, 6.45) is 2.85. The molecule has 0 atom stereocenters. The van der Waals surface area contributed by atoms with E-state index in [9.17, 15) is 4.79 Å². The number of hydrogen-bond acceptors (Lipinski definition) is 4. The normalized spacial score (nSPS) is 9.56. The first-order valence-corrected chi connectivity index (χ1v) is 5.36. The van der Waals surface area contributed by atoms with Crippen LogP contribution in [0, 0.1) is 11.3 Å². The highest BCUT2D eigenvalue weighted by molar-refractivity contribution is 6.33. The maximum absolute atomic E-state index is 11.8. The number of carbonyl (C=O) groups is 1. The number of pyridine rings is 2. The number of hydrogen-bond donors (Lipinski definition) is 1. The molecule has 0 spiro atoms. The third kappa shape index (κ3) is 2.62. The molecule has 2 rings (SSSR count). The van der Waals surface area contributed by atoms with E-state index in [0.29, 0.717) is 10.6 Å². The van der Waals surface area contributed by atoms with E-state index in [4.69, 9.17) is 16.9 Å². The van der Waals surface area contributed by atoms with E-state index in [1.54, 1.807) is 12.1 Å². The molecule has 6 heteroatoms. The summed E-state index contributed by atoms with van der Waals surface area (Å²) in [5.41, 5.74) is 0.582. The van der Waals surface area contributed by atoms with Crippen molar-refractivity contribution in [2.24, 2.45) is 0 Å². The van der Waals surface area contributed by atoms with Gasteiger partial charge in [-0.2, -0.15) is 5.26 Å². The van der Waals surface area contributed by atoms with Gasteiger partial charge in [-0.05, 0) is 24.3 Å². The molecule has 2 aromatic rings. The van der Waals surface area contributed by atoms with Gasteiger partial charge in [-0.15, -0.1) is 0 Å². The molecule has 0 aliphatic carbocycles. The zero-order valence-electron chi connectivity index (χ0n) is 9.09. The van der Waals surface area contributed by atoms with Gasteiger partial charge in [0.15, 0.2) is 5.82 Å². The van der Waals surface area contributed by atoms with Gasteiger partial charge in [0.25, 0.3) is 5.91 Å². The van der Waals surface area contributed by atoms with Crippen molar-refractivity contribution in [2.75, 3.05) is 5.32 Å². The third-order valence-electron chi connectivity index (χ3n) is 2.12. The minimum absolute atomic E-state index is 0.190. The number of carbonyl (C=O) groups excluding carboxylic acids is 1. The Kier molecular flexibility index (Phi) is 3.51. The highest BCUT2D eigenvalue weighted by Crippen LogP contribution is 2.17. The van der Waals surface area contributed by atoms with Gasteiger partial charge in [-0.3, -0.25) is 4.79 Å². The topological polar surface area (TPSA) is 78.7 Å². The van der Waals surface area contributed by atoms with Gasteiger partial charge < -0.3 is 5.32 Å². The monoisotopic (exact) mass is 258 g/mol. The van der Waals surface area contributed by atoms with Gasteiger partial charge in [-0.25, -0.2) is 9.97 Å². The van der Waals surface area contributed by atoms with Crippen molar-refractivity contribution in [3.63, 3.8) is 0 Å². The molecular formula is C12H7ClN4O. The third-order valence-corrected chi connectivity index (χ3v) is 2.42. The lowest BCUT2D eigenvalue weighted by Crippen LogP contribution is -2.14. The molecule has 0 fully saturated rings. The molecule has 5 nitrogen and oxygen atoms in total. The summed E-state index contributed by atoms with van der Waals surface area (Å²) < 4.78 is 0. The van der Waals surface area contributed by atoms with Gasteiger partial charge in [0.1, 0.15) is 11.8 Å². The van der Waals surface area contributed by atoms with E-state index in [0.717, 1.165) is 0 Å². The van der Waals surface area contributed by atoms with Crippen molar-refractivity contribution in [1.29, 1.82) is 5.26 Å². The number of rotatable bonds is 2. The summed E-state index contributed by atoms with van der Waals surface area (Å²) in [7, 11) is 0. The maximum Gasteiger partial charge on any atom is 0.275 e. The van der Waals surface area contributed by atoms with Crippen molar-refractivity contribution in [3.05, 3.63) is 52.9 Å². The minimum atomic E-state index is -0.430. The standard InChI is InChI=1S/C12H7ClN4O/c13-9-2-1-5-15-11(9)17-12(18)10-4-3-8(6-14)7-16-10/h1-5,7H,(H,15,17,18). The molecule has 1 N–H and O–H groups in total. The molecule has 0 radical (unpaired) electrons. The first kappa shape index (κ1) is 12.0. The van der Waals surface area contributed by atoms with E-state index in [1.807, 2.05) is 6.07 Å². The summed E-state index contributed by atoms with van der Waals surface area (Å²) in [6, 6.07) is 8.19. The lowest BCUT2D eigenvalue weighted by molar-refractivity contribution is 0.102. The van der Waals surface area contributed by atoms with Crippen LogP contribution in [-0.2, 0) is 0 Å². The van der Waals surface area contributed by atoms with Crippen molar-refractivity contribution in [3.8, 4) is 6.07 Å². The van der Waals surface area contributed by atoms with Crippen LogP contribution < -0.4 is 5.32 Å².